The number of H-pyrrole nitrogens is 1. The van der Waals surface area contributed by atoms with Crippen LogP contribution in [-0.2, 0) is 0 Å². The molecule has 0 saturated heterocycles. The van der Waals surface area contributed by atoms with E-state index in [1.165, 1.54) is 0 Å². The molecule has 0 aliphatic carbocycles. The van der Waals surface area contributed by atoms with Crippen LogP contribution in [0.5, 0.6) is 0 Å². The summed E-state index contributed by atoms with van der Waals surface area (Å²) in [5.41, 5.74) is 3.03. The van der Waals surface area contributed by atoms with Crippen molar-refractivity contribution in [2.75, 3.05) is 0 Å². The molecule has 0 unspecified atom stereocenters. The fourth-order valence-electron chi connectivity index (χ4n) is 2.48. The molecule has 0 aliphatic heterocycles. The number of hydrogen-bond donors (Lipinski definition) is 1. The van der Waals surface area contributed by atoms with E-state index in [9.17, 15) is 10.1 Å². The lowest BCUT2D eigenvalue weighted by Crippen LogP contribution is -2.03. The van der Waals surface area contributed by atoms with Gasteiger partial charge in [0.15, 0.2) is 0 Å². The van der Waals surface area contributed by atoms with Crippen LogP contribution in [0.2, 0.25) is 0 Å². The van der Waals surface area contributed by atoms with Crippen LogP contribution in [0.25, 0.3) is 17.0 Å². The largest absolute Gasteiger partial charge is 0.358 e. The molecule has 0 spiro atoms. The summed E-state index contributed by atoms with van der Waals surface area (Å²) in [6.07, 6.45) is 4.83. The van der Waals surface area contributed by atoms with E-state index in [4.69, 9.17) is 0 Å². The van der Waals surface area contributed by atoms with Gasteiger partial charge < -0.3 is 4.98 Å². The van der Waals surface area contributed by atoms with Crippen molar-refractivity contribution < 1.29 is 4.79 Å². The predicted molar refractivity (Wildman–Crippen MR) is 85.2 cm³/mol. The number of benzene rings is 1. The van der Waals surface area contributed by atoms with Gasteiger partial charge in [-0.15, -0.1) is 0 Å². The fraction of sp³-hybridized carbons (Fsp3) is 0.0556. The smallest absolute Gasteiger partial charge is 0.205 e. The Kier molecular flexibility index (Phi) is 3.55. The number of nitrogens with zero attached hydrogens (tertiary/aromatic N) is 2. The first kappa shape index (κ1) is 13.8. The van der Waals surface area contributed by atoms with Crippen molar-refractivity contribution in [1.82, 2.24) is 9.97 Å². The zero-order valence-electron chi connectivity index (χ0n) is 12.0. The van der Waals surface area contributed by atoms with Crippen LogP contribution in [-0.4, -0.2) is 15.8 Å². The van der Waals surface area contributed by atoms with Gasteiger partial charge in [-0.3, -0.25) is 9.78 Å². The minimum Gasteiger partial charge on any atom is -0.358 e. The van der Waals surface area contributed by atoms with E-state index in [0.29, 0.717) is 5.56 Å². The first-order chi connectivity index (χ1) is 10.7. The summed E-state index contributed by atoms with van der Waals surface area (Å²) in [5.74, 6) is -0.277. The number of Topliss-reactive ketones (excluding diaryl/α,β-unsaturated/α-hetero) is 1. The highest BCUT2D eigenvalue weighted by Crippen LogP contribution is 2.25. The number of aryl methyl sites for hydroxylation is 1. The minimum absolute atomic E-state index is 0.0980. The van der Waals surface area contributed by atoms with Gasteiger partial charge in [0.1, 0.15) is 11.6 Å². The summed E-state index contributed by atoms with van der Waals surface area (Å²) in [5, 5.41) is 10.2. The van der Waals surface area contributed by atoms with E-state index in [-0.39, 0.29) is 11.4 Å². The van der Waals surface area contributed by atoms with Crippen molar-refractivity contribution in [3.63, 3.8) is 0 Å². The standard InChI is InChI=1S/C18H13N3O/c1-12-17(15-6-2-3-7-16(15)21-12)18(22)14(10-19)9-13-5-4-8-20-11-13/h2-9,11,21H,1H3. The topological polar surface area (TPSA) is 69.5 Å². The summed E-state index contributed by atoms with van der Waals surface area (Å²) in [7, 11) is 0. The van der Waals surface area contributed by atoms with Crippen molar-refractivity contribution >= 4 is 22.8 Å². The number of carbonyl (C=O) groups excluding carboxylic acids is 1. The Balaban J connectivity index is 2.10. The Morgan fingerprint density at radius 3 is 2.82 bits per heavy atom. The molecule has 0 bridgehead atoms. The molecule has 0 amide bonds. The maximum atomic E-state index is 12.7. The van der Waals surface area contributed by atoms with Crippen molar-refractivity contribution in [2.45, 2.75) is 6.92 Å². The third-order valence-electron chi connectivity index (χ3n) is 3.48. The highest BCUT2D eigenvalue weighted by Gasteiger charge is 2.19. The van der Waals surface area contributed by atoms with Gasteiger partial charge >= 0.3 is 0 Å². The van der Waals surface area contributed by atoms with Gasteiger partial charge in [0.2, 0.25) is 5.78 Å². The SMILES string of the molecule is Cc1[nH]c2ccccc2c1C(=O)C(C#N)=Cc1cccnc1. The third-order valence-corrected chi connectivity index (χ3v) is 3.48. The molecule has 0 atom stereocenters. The highest BCUT2D eigenvalue weighted by atomic mass is 16.1. The number of para-hydroxylation sites is 1. The van der Waals surface area contributed by atoms with Gasteiger partial charge in [0.25, 0.3) is 0 Å². The zero-order valence-corrected chi connectivity index (χ0v) is 12.0. The normalized spacial score (nSPS) is 11.4. The Labute approximate surface area is 127 Å². The van der Waals surface area contributed by atoms with E-state index < -0.39 is 0 Å². The molecule has 1 aromatic carbocycles. The van der Waals surface area contributed by atoms with Crippen LogP contribution in [0.1, 0.15) is 21.6 Å². The molecule has 3 rings (SSSR count). The number of ketones is 1. The van der Waals surface area contributed by atoms with Gasteiger partial charge in [-0.25, -0.2) is 0 Å². The molecule has 4 nitrogen and oxygen atoms in total. The summed E-state index contributed by atoms with van der Waals surface area (Å²) in [6.45, 7) is 1.84. The number of nitriles is 1. The van der Waals surface area contributed by atoms with Gasteiger partial charge in [-0.05, 0) is 30.7 Å². The number of pyridine rings is 1. The molecule has 0 radical (unpaired) electrons. The number of nitrogens with one attached hydrogen (secondary N) is 1. The molecule has 0 aliphatic rings. The number of rotatable bonds is 3. The monoisotopic (exact) mass is 287 g/mol. The zero-order chi connectivity index (χ0) is 15.5. The van der Waals surface area contributed by atoms with Crippen LogP contribution >= 0.6 is 0 Å². The van der Waals surface area contributed by atoms with Crippen molar-refractivity contribution in [3.05, 3.63) is 71.2 Å². The van der Waals surface area contributed by atoms with Crippen LogP contribution in [0, 0.1) is 18.3 Å². The molecule has 0 saturated carbocycles. The summed E-state index contributed by atoms with van der Waals surface area (Å²) in [4.78, 5) is 19.9. The fourth-order valence-corrected chi connectivity index (χ4v) is 2.48. The van der Waals surface area contributed by atoms with Gasteiger partial charge in [0.05, 0.1) is 5.56 Å². The molecule has 106 valence electrons. The molecule has 22 heavy (non-hydrogen) atoms. The van der Waals surface area contributed by atoms with E-state index in [2.05, 4.69) is 9.97 Å². The average Bonchev–Trinajstić information content (AvgIpc) is 2.88. The summed E-state index contributed by atoms with van der Waals surface area (Å²) < 4.78 is 0. The van der Waals surface area contributed by atoms with E-state index in [0.717, 1.165) is 22.2 Å². The second kappa shape index (κ2) is 5.66. The Bertz CT molecular complexity index is 914. The van der Waals surface area contributed by atoms with Gasteiger partial charge in [0, 0.05) is 29.0 Å². The lowest BCUT2D eigenvalue weighted by Gasteiger charge is -2.00. The number of carbonyl (C=O) groups is 1. The highest BCUT2D eigenvalue weighted by molar-refractivity contribution is 6.20. The number of aromatic amines is 1. The lowest BCUT2D eigenvalue weighted by molar-refractivity contribution is 0.104. The Hall–Kier alpha value is -3.19. The van der Waals surface area contributed by atoms with Crippen molar-refractivity contribution in [3.8, 4) is 6.07 Å². The van der Waals surface area contributed by atoms with Gasteiger partial charge in [-0.2, -0.15) is 5.26 Å². The van der Waals surface area contributed by atoms with Gasteiger partial charge in [-0.1, -0.05) is 24.3 Å². The molecule has 1 N–H and O–H groups in total. The lowest BCUT2D eigenvalue weighted by atomic mass is 10.00. The first-order valence-electron chi connectivity index (χ1n) is 6.84. The first-order valence-corrected chi connectivity index (χ1v) is 6.84. The molecule has 2 heterocycles. The van der Waals surface area contributed by atoms with Crippen LogP contribution in [0.15, 0.2) is 54.4 Å². The summed E-state index contributed by atoms with van der Waals surface area (Å²) >= 11 is 0. The number of allylic oxidation sites excluding steroid dienone is 1. The number of aromatic nitrogens is 2. The molecule has 2 aromatic heterocycles. The second-order valence-electron chi connectivity index (χ2n) is 4.96. The molecular weight excluding hydrogens is 274 g/mol. The van der Waals surface area contributed by atoms with E-state index in [1.807, 2.05) is 37.3 Å². The van der Waals surface area contributed by atoms with Crippen LogP contribution in [0.3, 0.4) is 0 Å². The van der Waals surface area contributed by atoms with Crippen molar-refractivity contribution in [2.24, 2.45) is 0 Å². The maximum Gasteiger partial charge on any atom is 0.205 e. The predicted octanol–water partition coefficient (Wildman–Crippen LogP) is 3.66. The Morgan fingerprint density at radius 1 is 1.27 bits per heavy atom. The average molecular weight is 287 g/mol. The second-order valence-corrected chi connectivity index (χ2v) is 4.96. The summed E-state index contributed by atoms with van der Waals surface area (Å²) in [6, 6.07) is 13.1. The quantitative estimate of drug-likeness (QED) is 0.454. The van der Waals surface area contributed by atoms with E-state index >= 15 is 0 Å². The van der Waals surface area contributed by atoms with Crippen LogP contribution < -0.4 is 0 Å². The third kappa shape index (κ3) is 2.40. The van der Waals surface area contributed by atoms with Crippen LogP contribution in [0.4, 0.5) is 0 Å². The molecular formula is C18H13N3O. The molecule has 0 fully saturated rings. The number of fused-ring (bicyclic) bond motifs is 1. The van der Waals surface area contributed by atoms with E-state index in [1.54, 1.807) is 30.6 Å². The maximum absolute atomic E-state index is 12.7. The Morgan fingerprint density at radius 2 is 2.09 bits per heavy atom. The molecule has 4 heteroatoms. The number of hydrogen-bond acceptors (Lipinski definition) is 3. The van der Waals surface area contributed by atoms with Crippen molar-refractivity contribution in [1.29, 1.82) is 5.26 Å². The minimum atomic E-state index is -0.277. The molecule has 3 aromatic rings.